The van der Waals surface area contributed by atoms with Crippen molar-refractivity contribution < 1.29 is 0 Å². The summed E-state index contributed by atoms with van der Waals surface area (Å²) in [6.07, 6.45) is 3.88. The van der Waals surface area contributed by atoms with Gasteiger partial charge in [-0.1, -0.05) is 6.42 Å². The molecular formula is C8H14N2. The van der Waals surface area contributed by atoms with E-state index in [0.29, 0.717) is 0 Å². The highest BCUT2D eigenvalue weighted by Gasteiger charge is 2.14. The van der Waals surface area contributed by atoms with Crippen molar-refractivity contribution in [3.8, 4) is 6.07 Å². The molecule has 1 saturated heterocycles. The predicted octanol–water partition coefficient (Wildman–Crippen LogP) is 1.38. The molecule has 1 fully saturated rings. The molecule has 0 amide bonds. The smallest absolute Gasteiger partial charge is 0.0949 e. The van der Waals surface area contributed by atoms with Gasteiger partial charge in [-0.15, -0.1) is 0 Å². The van der Waals surface area contributed by atoms with Crippen LogP contribution in [0.3, 0.4) is 0 Å². The monoisotopic (exact) mass is 138 g/mol. The number of nitrogens with zero attached hydrogens (tertiary/aromatic N) is 2. The SMILES string of the molecule is CC(C#N)N1CCCCC1. The van der Waals surface area contributed by atoms with Gasteiger partial charge in [0.1, 0.15) is 0 Å². The fourth-order valence-electron chi connectivity index (χ4n) is 1.39. The lowest BCUT2D eigenvalue weighted by Crippen LogP contribution is -2.36. The van der Waals surface area contributed by atoms with E-state index in [4.69, 9.17) is 5.26 Å². The zero-order chi connectivity index (χ0) is 7.40. The molecule has 2 heteroatoms. The van der Waals surface area contributed by atoms with E-state index in [1.165, 1.54) is 19.3 Å². The first-order valence-corrected chi connectivity index (χ1v) is 3.98. The lowest BCUT2D eigenvalue weighted by atomic mass is 10.1. The Morgan fingerprint density at radius 3 is 2.40 bits per heavy atom. The van der Waals surface area contributed by atoms with Crippen LogP contribution >= 0.6 is 0 Å². The third kappa shape index (κ3) is 1.71. The van der Waals surface area contributed by atoms with Crippen LogP contribution in [0.15, 0.2) is 0 Å². The largest absolute Gasteiger partial charge is 0.288 e. The average molecular weight is 138 g/mol. The van der Waals surface area contributed by atoms with Crippen molar-refractivity contribution >= 4 is 0 Å². The standard InChI is InChI=1S/C8H14N2/c1-8(7-9)10-5-3-2-4-6-10/h8H,2-6H2,1H3. The Morgan fingerprint density at radius 2 is 1.90 bits per heavy atom. The molecule has 1 unspecified atom stereocenters. The number of piperidine rings is 1. The molecule has 0 N–H and O–H groups in total. The molecular weight excluding hydrogens is 124 g/mol. The van der Waals surface area contributed by atoms with Gasteiger partial charge >= 0.3 is 0 Å². The Kier molecular flexibility index (Phi) is 2.70. The molecule has 0 aromatic heterocycles. The van der Waals surface area contributed by atoms with Gasteiger partial charge in [0.05, 0.1) is 12.1 Å². The van der Waals surface area contributed by atoms with Crippen LogP contribution in [0.25, 0.3) is 0 Å². The second kappa shape index (κ2) is 3.58. The maximum Gasteiger partial charge on any atom is 0.0949 e. The second-order valence-electron chi connectivity index (χ2n) is 2.90. The molecule has 1 aliphatic rings. The highest BCUT2D eigenvalue weighted by Crippen LogP contribution is 2.10. The summed E-state index contributed by atoms with van der Waals surface area (Å²) >= 11 is 0. The van der Waals surface area contributed by atoms with Crippen LogP contribution < -0.4 is 0 Å². The Hall–Kier alpha value is -0.550. The zero-order valence-electron chi connectivity index (χ0n) is 6.51. The molecule has 0 aromatic carbocycles. The van der Waals surface area contributed by atoms with Crippen molar-refractivity contribution in [1.29, 1.82) is 5.26 Å². The first kappa shape index (κ1) is 7.56. The van der Waals surface area contributed by atoms with Crippen LogP contribution in [-0.2, 0) is 0 Å². The number of nitriles is 1. The van der Waals surface area contributed by atoms with Gasteiger partial charge < -0.3 is 0 Å². The molecule has 0 spiro atoms. The van der Waals surface area contributed by atoms with Gasteiger partial charge in [-0.3, -0.25) is 4.90 Å². The van der Waals surface area contributed by atoms with Crippen molar-refractivity contribution in [2.45, 2.75) is 32.2 Å². The van der Waals surface area contributed by atoms with Crippen LogP contribution in [0, 0.1) is 11.3 Å². The van der Waals surface area contributed by atoms with Gasteiger partial charge in [-0.05, 0) is 32.9 Å². The van der Waals surface area contributed by atoms with Crippen LogP contribution in [0.1, 0.15) is 26.2 Å². The minimum absolute atomic E-state index is 0.125. The molecule has 0 saturated carbocycles. The van der Waals surface area contributed by atoms with E-state index in [1.807, 2.05) is 6.92 Å². The second-order valence-corrected chi connectivity index (χ2v) is 2.90. The van der Waals surface area contributed by atoms with Crippen LogP contribution in [0.5, 0.6) is 0 Å². The predicted molar refractivity (Wildman–Crippen MR) is 40.5 cm³/mol. The quantitative estimate of drug-likeness (QED) is 0.547. The molecule has 0 bridgehead atoms. The minimum atomic E-state index is 0.125. The Morgan fingerprint density at radius 1 is 1.30 bits per heavy atom. The Balaban J connectivity index is 2.33. The van der Waals surface area contributed by atoms with E-state index in [-0.39, 0.29) is 6.04 Å². The molecule has 0 radical (unpaired) electrons. The van der Waals surface area contributed by atoms with Crippen molar-refractivity contribution in [3.05, 3.63) is 0 Å². The number of hydrogen-bond donors (Lipinski definition) is 0. The molecule has 1 heterocycles. The fraction of sp³-hybridized carbons (Fsp3) is 0.875. The number of hydrogen-bond acceptors (Lipinski definition) is 2. The summed E-state index contributed by atoms with van der Waals surface area (Å²) in [6.45, 7) is 4.22. The van der Waals surface area contributed by atoms with Gasteiger partial charge in [0.15, 0.2) is 0 Å². The average Bonchev–Trinajstić information content (AvgIpc) is 2.05. The zero-order valence-corrected chi connectivity index (χ0v) is 6.51. The van der Waals surface area contributed by atoms with Crippen LogP contribution in [0.2, 0.25) is 0 Å². The highest BCUT2D eigenvalue weighted by molar-refractivity contribution is 4.88. The number of likely N-dealkylation sites (tertiary alicyclic amines) is 1. The van der Waals surface area contributed by atoms with Gasteiger partial charge in [0.2, 0.25) is 0 Å². The van der Waals surface area contributed by atoms with Crippen molar-refractivity contribution in [3.63, 3.8) is 0 Å². The molecule has 2 nitrogen and oxygen atoms in total. The minimum Gasteiger partial charge on any atom is -0.288 e. The van der Waals surface area contributed by atoms with Crippen molar-refractivity contribution in [2.75, 3.05) is 13.1 Å². The lowest BCUT2D eigenvalue weighted by molar-refractivity contribution is 0.205. The van der Waals surface area contributed by atoms with Crippen LogP contribution in [0.4, 0.5) is 0 Å². The third-order valence-corrected chi connectivity index (χ3v) is 2.13. The summed E-state index contributed by atoms with van der Waals surface area (Å²) in [5.74, 6) is 0. The molecule has 10 heavy (non-hydrogen) atoms. The van der Waals surface area contributed by atoms with Gasteiger partial charge in [-0.2, -0.15) is 5.26 Å². The van der Waals surface area contributed by atoms with Crippen molar-refractivity contribution in [2.24, 2.45) is 0 Å². The van der Waals surface area contributed by atoms with Crippen molar-refractivity contribution in [1.82, 2.24) is 4.90 Å². The molecule has 1 rings (SSSR count). The first-order valence-electron chi connectivity index (χ1n) is 3.98. The van der Waals surface area contributed by atoms with Crippen LogP contribution in [-0.4, -0.2) is 24.0 Å². The molecule has 0 aliphatic carbocycles. The highest BCUT2D eigenvalue weighted by atomic mass is 15.1. The summed E-state index contributed by atoms with van der Waals surface area (Å²) in [5, 5.41) is 8.60. The van der Waals surface area contributed by atoms with E-state index >= 15 is 0 Å². The van der Waals surface area contributed by atoms with Gasteiger partial charge in [0, 0.05) is 0 Å². The summed E-state index contributed by atoms with van der Waals surface area (Å²) < 4.78 is 0. The van der Waals surface area contributed by atoms with E-state index in [9.17, 15) is 0 Å². The van der Waals surface area contributed by atoms with E-state index in [0.717, 1.165) is 13.1 Å². The van der Waals surface area contributed by atoms with E-state index in [2.05, 4.69) is 11.0 Å². The molecule has 1 atom stereocenters. The third-order valence-electron chi connectivity index (χ3n) is 2.13. The Labute approximate surface area is 62.4 Å². The summed E-state index contributed by atoms with van der Waals surface area (Å²) in [5.41, 5.74) is 0. The van der Waals surface area contributed by atoms with Gasteiger partial charge in [-0.25, -0.2) is 0 Å². The lowest BCUT2D eigenvalue weighted by Gasteiger charge is -2.28. The van der Waals surface area contributed by atoms with Gasteiger partial charge in [0.25, 0.3) is 0 Å². The molecule has 0 aromatic rings. The summed E-state index contributed by atoms with van der Waals surface area (Å²) in [7, 11) is 0. The number of rotatable bonds is 1. The topological polar surface area (TPSA) is 27.0 Å². The summed E-state index contributed by atoms with van der Waals surface area (Å²) in [6, 6.07) is 2.39. The Bertz CT molecular complexity index is 131. The maximum absolute atomic E-state index is 8.60. The summed E-state index contributed by atoms with van der Waals surface area (Å²) in [4.78, 5) is 2.25. The van der Waals surface area contributed by atoms with E-state index < -0.39 is 0 Å². The normalized spacial score (nSPS) is 23.6. The first-order chi connectivity index (χ1) is 4.84. The molecule has 56 valence electrons. The van der Waals surface area contributed by atoms with E-state index in [1.54, 1.807) is 0 Å². The molecule has 1 aliphatic heterocycles. The fourth-order valence-corrected chi connectivity index (χ4v) is 1.39. The maximum atomic E-state index is 8.60.